The molecular weight excluding hydrogens is 224 g/mol. The zero-order valence-electron chi connectivity index (χ0n) is 11.8. The Bertz CT molecular complexity index is 415. The van der Waals surface area contributed by atoms with Gasteiger partial charge in [0.05, 0.1) is 6.61 Å². The molecule has 0 bridgehead atoms. The summed E-state index contributed by atoms with van der Waals surface area (Å²) in [6.07, 6.45) is 1.03. The minimum Gasteiger partial charge on any atom is -0.396 e. The van der Waals surface area contributed by atoms with Crippen LogP contribution in [-0.4, -0.2) is 36.8 Å². The largest absolute Gasteiger partial charge is 0.396 e. The van der Waals surface area contributed by atoms with Crippen LogP contribution in [0.4, 0.5) is 5.69 Å². The first-order chi connectivity index (χ1) is 8.45. The van der Waals surface area contributed by atoms with Crippen LogP contribution in [0, 0.1) is 5.41 Å². The smallest absolute Gasteiger partial charge is 0.0501 e. The summed E-state index contributed by atoms with van der Waals surface area (Å²) in [5.41, 5.74) is 2.45. The second-order valence-electron chi connectivity index (χ2n) is 6.15. The third-order valence-electron chi connectivity index (χ3n) is 4.08. The lowest BCUT2D eigenvalue weighted by atomic mass is 9.78. The Labute approximate surface area is 110 Å². The zero-order valence-corrected chi connectivity index (χ0v) is 11.8. The van der Waals surface area contributed by atoms with Crippen molar-refractivity contribution >= 4 is 5.69 Å². The van der Waals surface area contributed by atoms with Gasteiger partial charge in [0.2, 0.25) is 0 Å². The SMILES string of the molecule is CN(C)C1CC(C(C)(C)CO)Nc2ccccc21. The van der Waals surface area contributed by atoms with Gasteiger partial charge in [-0.25, -0.2) is 0 Å². The highest BCUT2D eigenvalue weighted by Gasteiger charge is 2.36. The van der Waals surface area contributed by atoms with E-state index in [1.165, 1.54) is 11.3 Å². The van der Waals surface area contributed by atoms with Crippen LogP contribution < -0.4 is 5.32 Å². The Hall–Kier alpha value is -1.06. The minimum absolute atomic E-state index is 0.109. The van der Waals surface area contributed by atoms with Crippen LogP contribution in [0.3, 0.4) is 0 Å². The lowest BCUT2D eigenvalue weighted by Crippen LogP contribution is -2.44. The second kappa shape index (κ2) is 4.90. The Morgan fingerprint density at radius 3 is 2.61 bits per heavy atom. The van der Waals surface area contributed by atoms with Crippen molar-refractivity contribution in [2.75, 3.05) is 26.0 Å². The van der Waals surface area contributed by atoms with Gasteiger partial charge in [0, 0.05) is 23.2 Å². The summed E-state index contributed by atoms with van der Waals surface area (Å²) in [6, 6.07) is 9.19. The summed E-state index contributed by atoms with van der Waals surface area (Å²) in [4.78, 5) is 2.26. The van der Waals surface area contributed by atoms with E-state index in [9.17, 15) is 5.11 Å². The number of benzene rings is 1. The molecule has 0 amide bonds. The fraction of sp³-hybridized carbons (Fsp3) is 0.600. The van der Waals surface area contributed by atoms with E-state index in [0.717, 1.165) is 6.42 Å². The molecular formula is C15H24N2O. The number of rotatable bonds is 3. The summed E-state index contributed by atoms with van der Waals surface area (Å²) in [6.45, 7) is 4.43. The molecule has 0 saturated heterocycles. The lowest BCUT2D eigenvalue weighted by molar-refractivity contribution is 0.117. The van der Waals surface area contributed by atoms with Crippen molar-refractivity contribution in [3.8, 4) is 0 Å². The van der Waals surface area contributed by atoms with E-state index >= 15 is 0 Å². The van der Waals surface area contributed by atoms with E-state index in [1.807, 2.05) is 0 Å². The first-order valence-corrected chi connectivity index (χ1v) is 6.58. The van der Waals surface area contributed by atoms with Crippen molar-refractivity contribution in [2.45, 2.75) is 32.4 Å². The maximum Gasteiger partial charge on any atom is 0.0501 e. The van der Waals surface area contributed by atoms with Crippen molar-refractivity contribution in [1.82, 2.24) is 4.90 Å². The molecule has 2 unspecified atom stereocenters. The van der Waals surface area contributed by atoms with Gasteiger partial charge in [-0.05, 0) is 32.1 Å². The quantitative estimate of drug-likeness (QED) is 0.862. The number of anilines is 1. The highest BCUT2D eigenvalue weighted by molar-refractivity contribution is 5.55. The highest BCUT2D eigenvalue weighted by atomic mass is 16.3. The summed E-state index contributed by atoms with van der Waals surface area (Å²) in [5, 5.41) is 13.2. The number of hydrogen-bond donors (Lipinski definition) is 2. The Morgan fingerprint density at radius 1 is 1.33 bits per heavy atom. The Morgan fingerprint density at radius 2 is 2.00 bits per heavy atom. The van der Waals surface area contributed by atoms with Crippen molar-refractivity contribution < 1.29 is 5.11 Å². The molecule has 0 saturated carbocycles. The molecule has 1 aliphatic rings. The molecule has 100 valence electrons. The molecule has 2 N–H and O–H groups in total. The molecule has 1 heterocycles. The van der Waals surface area contributed by atoms with E-state index in [1.54, 1.807) is 0 Å². The van der Waals surface area contributed by atoms with Crippen molar-refractivity contribution in [3.63, 3.8) is 0 Å². The molecule has 2 rings (SSSR count). The third-order valence-corrected chi connectivity index (χ3v) is 4.08. The fourth-order valence-electron chi connectivity index (χ4n) is 2.63. The van der Waals surface area contributed by atoms with E-state index < -0.39 is 0 Å². The highest BCUT2D eigenvalue weighted by Crippen LogP contribution is 2.40. The topological polar surface area (TPSA) is 35.5 Å². The van der Waals surface area contributed by atoms with Gasteiger partial charge >= 0.3 is 0 Å². The van der Waals surface area contributed by atoms with Crippen LogP contribution >= 0.6 is 0 Å². The van der Waals surface area contributed by atoms with E-state index in [0.29, 0.717) is 12.1 Å². The molecule has 1 aromatic carbocycles. The number of nitrogens with zero attached hydrogens (tertiary/aromatic N) is 1. The summed E-state index contributed by atoms with van der Waals surface area (Å²) >= 11 is 0. The predicted molar refractivity (Wildman–Crippen MR) is 75.8 cm³/mol. The number of fused-ring (bicyclic) bond motifs is 1. The van der Waals surface area contributed by atoms with Crippen LogP contribution in [0.5, 0.6) is 0 Å². The number of para-hydroxylation sites is 1. The molecule has 3 nitrogen and oxygen atoms in total. The Balaban J connectivity index is 2.34. The van der Waals surface area contributed by atoms with Gasteiger partial charge in [0.15, 0.2) is 0 Å². The fourth-order valence-corrected chi connectivity index (χ4v) is 2.63. The van der Waals surface area contributed by atoms with Gasteiger partial charge in [-0.15, -0.1) is 0 Å². The van der Waals surface area contributed by atoms with Crippen molar-refractivity contribution in [2.24, 2.45) is 5.41 Å². The predicted octanol–water partition coefficient (Wildman–Crippen LogP) is 2.49. The maximum atomic E-state index is 9.57. The number of aliphatic hydroxyl groups excluding tert-OH is 1. The minimum atomic E-state index is -0.109. The van der Waals surface area contributed by atoms with Crippen LogP contribution in [0.2, 0.25) is 0 Å². The number of nitrogens with one attached hydrogen (secondary N) is 1. The summed E-state index contributed by atoms with van der Waals surface area (Å²) in [5.74, 6) is 0. The van der Waals surface area contributed by atoms with Gasteiger partial charge in [-0.3, -0.25) is 0 Å². The van der Waals surface area contributed by atoms with Crippen LogP contribution in [0.15, 0.2) is 24.3 Å². The van der Waals surface area contributed by atoms with Crippen molar-refractivity contribution in [1.29, 1.82) is 0 Å². The first kappa shape index (κ1) is 13.4. The summed E-state index contributed by atoms with van der Waals surface area (Å²) in [7, 11) is 4.24. The second-order valence-corrected chi connectivity index (χ2v) is 6.15. The molecule has 3 heteroatoms. The van der Waals surface area contributed by atoms with Crippen molar-refractivity contribution in [3.05, 3.63) is 29.8 Å². The molecule has 0 fully saturated rings. The van der Waals surface area contributed by atoms with Gasteiger partial charge in [-0.1, -0.05) is 32.0 Å². The van der Waals surface area contributed by atoms with Gasteiger partial charge in [0.1, 0.15) is 0 Å². The number of aliphatic hydroxyl groups is 1. The van der Waals surface area contributed by atoms with Crippen LogP contribution in [-0.2, 0) is 0 Å². The summed E-state index contributed by atoms with van der Waals surface area (Å²) < 4.78 is 0. The molecule has 0 spiro atoms. The molecule has 0 aromatic heterocycles. The average Bonchev–Trinajstić information content (AvgIpc) is 2.37. The van der Waals surface area contributed by atoms with Gasteiger partial charge in [-0.2, -0.15) is 0 Å². The lowest BCUT2D eigenvalue weighted by Gasteiger charge is -2.43. The maximum absolute atomic E-state index is 9.57. The average molecular weight is 248 g/mol. The third kappa shape index (κ3) is 2.38. The molecule has 1 aliphatic heterocycles. The van der Waals surface area contributed by atoms with Gasteiger partial charge in [0.25, 0.3) is 0 Å². The molecule has 18 heavy (non-hydrogen) atoms. The standard InChI is InChI=1S/C15H24N2O/c1-15(2,10-18)14-9-13(17(3)4)11-7-5-6-8-12(11)16-14/h5-8,13-14,16,18H,9-10H2,1-4H3. The van der Waals surface area contributed by atoms with E-state index in [4.69, 9.17) is 0 Å². The molecule has 0 aliphatic carbocycles. The van der Waals surface area contributed by atoms with Crippen LogP contribution in [0.25, 0.3) is 0 Å². The molecule has 1 aromatic rings. The van der Waals surface area contributed by atoms with E-state index in [-0.39, 0.29) is 12.0 Å². The monoisotopic (exact) mass is 248 g/mol. The Kier molecular flexibility index (Phi) is 3.64. The zero-order chi connectivity index (χ0) is 13.3. The number of hydrogen-bond acceptors (Lipinski definition) is 3. The van der Waals surface area contributed by atoms with E-state index in [2.05, 4.69) is 62.4 Å². The molecule has 2 atom stereocenters. The first-order valence-electron chi connectivity index (χ1n) is 6.58. The van der Waals surface area contributed by atoms with Gasteiger partial charge < -0.3 is 15.3 Å². The van der Waals surface area contributed by atoms with Crippen LogP contribution in [0.1, 0.15) is 31.9 Å². The molecule has 0 radical (unpaired) electrons. The normalized spacial score (nSPS) is 23.7.